The van der Waals surface area contributed by atoms with E-state index in [0.29, 0.717) is 19.1 Å². The number of amides is 1. The second kappa shape index (κ2) is 8.77. The van der Waals surface area contributed by atoms with Crippen molar-refractivity contribution in [3.8, 4) is 0 Å². The summed E-state index contributed by atoms with van der Waals surface area (Å²) < 4.78 is 7.06. The molecule has 0 aromatic carbocycles. The molecule has 7 nitrogen and oxygen atoms in total. The van der Waals surface area contributed by atoms with Crippen LogP contribution in [-0.4, -0.2) is 59.2 Å². The molecule has 0 radical (unpaired) electrons. The van der Waals surface area contributed by atoms with Crippen LogP contribution in [-0.2, 0) is 16.1 Å². The predicted molar refractivity (Wildman–Crippen MR) is 99.1 cm³/mol. The van der Waals surface area contributed by atoms with Gasteiger partial charge in [0.15, 0.2) is 0 Å². The molecule has 3 rings (SSSR count). The van der Waals surface area contributed by atoms with E-state index in [0.717, 1.165) is 63.4 Å². The molecule has 1 N–H and O–H groups in total. The van der Waals surface area contributed by atoms with Crippen molar-refractivity contribution in [1.29, 1.82) is 0 Å². The maximum absolute atomic E-state index is 12.6. The van der Waals surface area contributed by atoms with Gasteiger partial charge in [0.2, 0.25) is 5.91 Å². The van der Waals surface area contributed by atoms with Gasteiger partial charge < -0.3 is 10.1 Å². The average Bonchev–Trinajstić information content (AvgIpc) is 2.64. The number of piperidine rings is 1. The lowest BCUT2D eigenvalue weighted by atomic mass is 9.94. The molecular weight excluding hydrogens is 332 g/mol. The van der Waals surface area contributed by atoms with Crippen LogP contribution in [0, 0.1) is 19.8 Å². The van der Waals surface area contributed by atoms with Crippen molar-refractivity contribution in [3.63, 3.8) is 0 Å². The van der Waals surface area contributed by atoms with Gasteiger partial charge in [-0.15, -0.1) is 0 Å². The van der Waals surface area contributed by atoms with Gasteiger partial charge in [-0.1, -0.05) is 0 Å². The van der Waals surface area contributed by atoms with E-state index in [1.807, 2.05) is 19.9 Å². The zero-order chi connectivity index (χ0) is 18.5. The van der Waals surface area contributed by atoms with Crippen LogP contribution in [0.3, 0.4) is 0 Å². The quantitative estimate of drug-likeness (QED) is 0.841. The highest BCUT2D eigenvalue weighted by Crippen LogP contribution is 2.23. The Bertz CT molecular complexity index is 682. The number of hydrogen-bond donors (Lipinski definition) is 1. The molecule has 0 saturated carbocycles. The molecular formula is C19H30N4O3. The Labute approximate surface area is 154 Å². The van der Waals surface area contributed by atoms with Crippen molar-refractivity contribution in [1.82, 2.24) is 19.8 Å². The first-order chi connectivity index (χ1) is 12.5. The third-order valence-electron chi connectivity index (χ3n) is 5.51. The SMILES string of the molecule is Cc1cc(C)n(CCNC(=O)[C@H]2CCCN(C3CCOCC3)C2)c(=O)n1. The van der Waals surface area contributed by atoms with Crippen LogP contribution in [0.25, 0.3) is 0 Å². The van der Waals surface area contributed by atoms with E-state index in [9.17, 15) is 9.59 Å². The zero-order valence-corrected chi connectivity index (χ0v) is 15.9. The third-order valence-corrected chi connectivity index (χ3v) is 5.51. The van der Waals surface area contributed by atoms with E-state index < -0.39 is 0 Å². The number of rotatable bonds is 5. The van der Waals surface area contributed by atoms with Crippen LogP contribution >= 0.6 is 0 Å². The summed E-state index contributed by atoms with van der Waals surface area (Å²) in [6, 6.07) is 2.44. The Morgan fingerprint density at radius 3 is 2.81 bits per heavy atom. The van der Waals surface area contributed by atoms with Crippen molar-refractivity contribution < 1.29 is 9.53 Å². The van der Waals surface area contributed by atoms with Crippen LogP contribution in [0.1, 0.15) is 37.1 Å². The summed E-state index contributed by atoms with van der Waals surface area (Å²) in [6.45, 7) is 8.20. The normalized spacial score (nSPS) is 22.3. The number of nitrogens with one attached hydrogen (secondary N) is 1. The fourth-order valence-electron chi connectivity index (χ4n) is 4.08. The van der Waals surface area contributed by atoms with Crippen LogP contribution in [0.2, 0.25) is 0 Å². The van der Waals surface area contributed by atoms with Gasteiger partial charge in [0.25, 0.3) is 0 Å². The smallest absolute Gasteiger partial charge is 0.348 e. The molecule has 0 unspecified atom stereocenters. The Morgan fingerprint density at radius 2 is 2.08 bits per heavy atom. The minimum absolute atomic E-state index is 0.0422. The zero-order valence-electron chi connectivity index (χ0n) is 15.9. The molecule has 0 spiro atoms. The molecule has 144 valence electrons. The molecule has 0 bridgehead atoms. The molecule has 0 aliphatic carbocycles. The highest BCUT2D eigenvalue weighted by Gasteiger charge is 2.30. The maximum atomic E-state index is 12.6. The molecule has 2 aliphatic rings. The number of hydrogen-bond acceptors (Lipinski definition) is 5. The van der Waals surface area contributed by atoms with Crippen molar-refractivity contribution in [2.75, 3.05) is 32.8 Å². The largest absolute Gasteiger partial charge is 0.381 e. The van der Waals surface area contributed by atoms with Crippen LogP contribution in [0.5, 0.6) is 0 Å². The summed E-state index contributed by atoms with van der Waals surface area (Å²) in [7, 11) is 0. The second-order valence-corrected chi connectivity index (χ2v) is 7.44. The molecule has 1 amide bonds. The highest BCUT2D eigenvalue weighted by atomic mass is 16.5. The Morgan fingerprint density at radius 1 is 1.31 bits per heavy atom. The van der Waals surface area contributed by atoms with E-state index in [-0.39, 0.29) is 17.5 Å². The number of carbonyl (C=O) groups excluding carboxylic acids is 1. The molecule has 3 heterocycles. The lowest BCUT2D eigenvalue weighted by molar-refractivity contribution is -0.127. The number of carbonyl (C=O) groups is 1. The summed E-state index contributed by atoms with van der Waals surface area (Å²) >= 11 is 0. The monoisotopic (exact) mass is 362 g/mol. The summed E-state index contributed by atoms with van der Waals surface area (Å²) in [4.78, 5) is 31.0. The van der Waals surface area contributed by atoms with Gasteiger partial charge in [0.1, 0.15) is 0 Å². The number of aryl methyl sites for hydroxylation is 2. The van der Waals surface area contributed by atoms with Crippen molar-refractivity contribution in [2.45, 2.75) is 52.1 Å². The second-order valence-electron chi connectivity index (χ2n) is 7.44. The number of aromatic nitrogens is 2. The van der Waals surface area contributed by atoms with Gasteiger partial charge in [0.05, 0.1) is 5.92 Å². The molecule has 1 aromatic heterocycles. The fourth-order valence-corrected chi connectivity index (χ4v) is 4.08. The van der Waals surface area contributed by atoms with Crippen LogP contribution < -0.4 is 11.0 Å². The summed E-state index contributed by atoms with van der Waals surface area (Å²) in [5.74, 6) is 0.146. The van der Waals surface area contributed by atoms with Crippen molar-refractivity contribution in [2.24, 2.45) is 5.92 Å². The average molecular weight is 362 g/mol. The van der Waals surface area contributed by atoms with Gasteiger partial charge >= 0.3 is 5.69 Å². The van der Waals surface area contributed by atoms with Gasteiger partial charge in [-0.3, -0.25) is 14.3 Å². The van der Waals surface area contributed by atoms with Crippen molar-refractivity contribution in [3.05, 3.63) is 27.9 Å². The third kappa shape index (κ3) is 4.71. The number of likely N-dealkylation sites (tertiary alicyclic amines) is 1. The first kappa shape index (κ1) is 19.0. The summed E-state index contributed by atoms with van der Waals surface area (Å²) in [5, 5.41) is 3.02. The summed E-state index contributed by atoms with van der Waals surface area (Å²) in [5.41, 5.74) is 1.35. The van der Waals surface area contributed by atoms with Gasteiger partial charge in [-0.25, -0.2) is 4.79 Å². The Balaban J connectivity index is 1.49. The maximum Gasteiger partial charge on any atom is 0.348 e. The van der Waals surface area contributed by atoms with Crippen LogP contribution in [0.15, 0.2) is 10.9 Å². The lowest BCUT2D eigenvalue weighted by Crippen LogP contribution is -2.49. The summed E-state index contributed by atoms with van der Waals surface area (Å²) in [6.07, 6.45) is 4.14. The minimum atomic E-state index is -0.250. The fraction of sp³-hybridized carbons (Fsp3) is 0.737. The van der Waals surface area contributed by atoms with Crippen molar-refractivity contribution >= 4 is 5.91 Å². The molecule has 2 saturated heterocycles. The molecule has 26 heavy (non-hydrogen) atoms. The first-order valence-electron chi connectivity index (χ1n) is 9.69. The molecule has 7 heteroatoms. The van der Waals surface area contributed by atoms with E-state index in [1.165, 1.54) is 0 Å². The van der Waals surface area contributed by atoms with Crippen LogP contribution in [0.4, 0.5) is 0 Å². The minimum Gasteiger partial charge on any atom is -0.381 e. The van der Waals surface area contributed by atoms with E-state index in [1.54, 1.807) is 4.57 Å². The van der Waals surface area contributed by atoms with Gasteiger partial charge in [-0.05, 0) is 52.1 Å². The highest BCUT2D eigenvalue weighted by molar-refractivity contribution is 5.78. The molecule has 1 aromatic rings. The Kier molecular flexibility index (Phi) is 6.43. The van der Waals surface area contributed by atoms with E-state index in [4.69, 9.17) is 4.74 Å². The molecule has 2 aliphatic heterocycles. The lowest BCUT2D eigenvalue weighted by Gasteiger charge is -2.39. The number of nitrogens with zero attached hydrogens (tertiary/aromatic N) is 3. The van der Waals surface area contributed by atoms with E-state index >= 15 is 0 Å². The van der Waals surface area contributed by atoms with Gasteiger partial charge in [-0.2, -0.15) is 4.98 Å². The van der Waals surface area contributed by atoms with E-state index in [2.05, 4.69) is 15.2 Å². The Hall–Kier alpha value is -1.73. The molecule has 1 atom stereocenters. The predicted octanol–water partition coefficient (Wildman–Crippen LogP) is 0.867. The van der Waals surface area contributed by atoms with Gasteiger partial charge in [0, 0.05) is 50.3 Å². The number of ether oxygens (including phenoxy) is 1. The standard InChI is InChI=1S/C19H30N4O3/c1-14-12-15(2)23(19(25)21-14)9-7-20-18(24)16-4-3-8-22(13-16)17-5-10-26-11-6-17/h12,16-17H,3-11,13H2,1-2H3,(H,20,24)/t16-/m0/s1. The topological polar surface area (TPSA) is 76.5 Å². The molecule has 2 fully saturated rings. The first-order valence-corrected chi connectivity index (χ1v) is 9.69.